The first-order chi connectivity index (χ1) is 9.88. The van der Waals surface area contributed by atoms with E-state index in [4.69, 9.17) is 15.2 Å². The quantitative estimate of drug-likeness (QED) is 0.895. The summed E-state index contributed by atoms with van der Waals surface area (Å²) in [5.74, 6) is 0.597. The van der Waals surface area contributed by atoms with Crippen molar-refractivity contribution in [3.05, 3.63) is 23.8 Å². The number of ether oxygens (including phenoxy) is 2. The third-order valence-electron chi connectivity index (χ3n) is 3.50. The summed E-state index contributed by atoms with van der Waals surface area (Å²) in [6.45, 7) is 4.69. The summed E-state index contributed by atoms with van der Waals surface area (Å²) >= 11 is 0. The molecule has 2 rings (SSSR count). The Morgan fingerprint density at radius 2 is 1.95 bits per heavy atom. The van der Waals surface area contributed by atoms with Gasteiger partial charge in [-0.3, -0.25) is 0 Å². The highest BCUT2D eigenvalue weighted by Crippen LogP contribution is 2.26. The first-order valence-electron chi connectivity index (χ1n) is 6.91. The van der Waals surface area contributed by atoms with Crippen molar-refractivity contribution in [2.75, 3.05) is 20.2 Å². The van der Waals surface area contributed by atoms with Gasteiger partial charge in [0.15, 0.2) is 0 Å². The minimum Gasteiger partial charge on any atom is -0.496 e. The van der Waals surface area contributed by atoms with E-state index in [0.29, 0.717) is 24.4 Å². The maximum Gasteiger partial charge on any atom is 0.243 e. The Kier molecular flexibility index (Phi) is 4.88. The maximum atomic E-state index is 12.7. The minimum absolute atomic E-state index is 0.115. The lowest BCUT2D eigenvalue weighted by Crippen LogP contribution is -2.48. The number of nitrogens with two attached hydrogens (primary N) is 1. The zero-order valence-electron chi connectivity index (χ0n) is 12.6. The molecule has 0 aromatic heterocycles. The van der Waals surface area contributed by atoms with Gasteiger partial charge in [0.2, 0.25) is 10.0 Å². The molecule has 2 atom stereocenters. The predicted molar refractivity (Wildman–Crippen MR) is 79.7 cm³/mol. The van der Waals surface area contributed by atoms with Gasteiger partial charge in [-0.05, 0) is 32.0 Å². The van der Waals surface area contributed by atoms with Crippen LogP contribution in [0.5, 0.6) is 5.75 Å². The molecule has 0 bridgehead atoms. The minimum atomic E-state index is -3.54. The highest BCUT2D eigenvalue weighted by atomic mass is 32.2. The fourth-order valence-corrected chi connectivity index (χ4v) is 4.19. The molecular weight excluding hydrogens is 292 g/mol. The summed E-state index contributed by atoms with van der Waals surface area (Å²) in [6.07, 6.45) is -0.230. The molecule has 21 heavy (non-hydrogen) atoms. The number of rotatable bonds is 4. The van der Waals surface area contributed by atoms with Crippen molar-refractivity contribution in [3.8, 4) is 5.75 Å². The fourth-order valence-electron chi connectivity index (χ4n) is 2.55. The van der Waals surface area contributed by atoms with Gasteiger partial charge in [-0.15, -0.1) is 0 Å². The van der Waals surface area contributed by atoms with E-state index >= 15 is 0 Å². The molecule has 0 saturated carbocycles. The fraction of sp³-hybridized carbons (Fsp3) is 0.571. The summed E-state index contributed by atoms with van der Waals surface area (Å²) in [6, 6.07) is 4.78. The highest BCUT2D eigenvalue weighted by molar-refractivity contribution is 7.89. The lowest BCUT2D eigenvalue weighted by atomic mass is 10.2. The molecule has 0 amide bonds. The number of hydrogen-bond donors (Lipinski definition) is 1. The second-order valence-corrected chi connectivity index (χ2v) is 7.20. The number of nitrogens with zero attached hydrogens (tertiary/aromatic N) is 1. The van der Waals surface area contributed by atoms with E-state index in [1.54, 1.807) is 18.2 Å². The van der Waals surface area contributed by atoms with Crippen LogP contribution in [0.1, 0.15) is 19.4 Å². The molecule has 7 heteroatoms. The van der Waals surface area contributed by atoms with Gasteiger partial charge in [-0.25, -0.2) is 8.42 Å². The molecule has 118 valence electrons. The van der Waals surface area contributed by atoms with Crippen LogP contribution >= 0.6 is 0 Å². The molecule has 2 unspecified atom stereocenters. The Morgan fingerprint density at radius 3 is 2.48 bits per heavy atom. The van der Waals surface area contributed by atoms with Gasteiger partial charge in [-0.1, -0.05) is 0 Å². The van der Waals surface area contributed by atoms with Crippen LogP contribution in [0, 0.1) is 0 Å². The van der Waals surface area contributed by atoms with Crippen molar-refractivity contribution < 1.29 is 17.9 Å². The Labute approximate surface area is 125 Å². The van der Waals surface area contributed by atoms with E-state index in [0.717, 1.165) is 0 Å². The van der Waals surface area contributed by atoms with Gasteiger partial charge in [0.05, 0.1) is 24.2 Å². The average Bonchev–Trinajstić information content (AvgIpc) is 2.45. The molecule has 1 aliphatic heterocycles. The Bertz CT molecular complexity index is 593. The molecule has 1 aromatic rings. The van der Waals surface area contributed by atoms with Crippen LogP contribution in [-0.4, -0.2) is 45.1 Å². The van der Waals surface area contributed by atoms with Crippen LogP contribution in [0.25, 0.3) is 0 Å². The Balaban J connectivity index is 2.35. The predicted octanol–water partition coefficient (Wildman–Crippen LogP) is 0.952. The molecule has 1 aliphatic rings. The lowest BCUT2D eigenvalue weighted by molar-refractivity contribution is -0.0440. The van der Waals surface area contributed by atoms with E-state index in [-0.39, 0.29) is 23.6 Å². The van der Waals surface area contributed by atoms with Crippen LogP contribution in [0.15, 0.2) is 23.1 Å². The largest absolute Gasteiger partial charge is 0.496 e. The van der Waals surface area contributed by atoms with Crippen LogP contribution in [0.2, 0.25) is 0 Å². The first-order valence-corrected chi connectivity index (χ1v) is 8.35. The summed E-state index contributed by atoms with van der Waals surface area (Å²) in [5, 5.41) is 0. The SMILES string of the molecule is COc1ccc(S(=O)(=O)N2CC(C)OC(C)C2)cc1CN. The molecule has 0 radical (unpaired) electrons. The van der Waals surface area contributed by atoms with Crippen LogP contribution in [-0.2, 0) is 21.3 Å². The van der Waals surface area contributed by atoms with Crippen molar-refractivity contribution in [1.82, 2.24) is 4.31 Å². The van der Waals surface area contributed by atoms with Crippen molar-refractivity contribution >= 4 is 10.0 Å². The van der Waals surface area contributed by atoms with Gasteiger partial charge in [0, 0.05) is 25.2 Å². The number of benzene rings is 1. The molecule has 0 aliphatic carbocycles. The standard InChI is InChI=1S/C14H22N2O4S/c1-10-8-16(9-11(2)20-10)21(17,18)13-4-5-14(19-3)12(6-13)7-15/h4-6,10-11H,7-9,15H2,1-3H3. The number of morpholine rings is 1. The second kappa shape index (κ2) is 6.31. The zero-order chi connectivity index (χ0) is 15.6. The molecule has 0 spiro atoms. The number of sulfonamides is 1. The molecule has 1 saturated heterocycles. The van der Waals surface area contributed by atoms with Crippen molar-refractivity contribution in [1.29, 1.82) is 0 Å². The molecule has 6 nitrogen and oxygen atoms in total. The summed E-state index contributed by atoms with van der Waals surface area (Å²) in [5.41, 5.74) is 6.33. The monoisotopic (exact) mass is 314 g/mol. The number of hydrogen-bond acceptors (Lipinski definition) is 5. The smallest absolute Gasteiger partial charge is 0.243 e. The van der Waals surface area contributed by atoms with E-state index in [2.05, 4.69) is 0 Å². The molecule has 1 fully saturated rings. The Hall–Kier alpha value is -1.15. The van der Waals surface area contributed by atoms with E-state index < -0.39 is 10.0 Å². The maximum absolute atomic E-state index is 12.7. The third kappa shape index (κ3) is 3.37. The van der Waals surface area contributed by atoms with Crippen LogP contribution in [0.4, 0.5) is 0 Å². The van der Waals surface area contributed by atoms with E-state index in [1.807, 2.05) is 13.8 Å². The van der Waals surface area contributed by atoms with E-state index in [1.165, 1.54) is 11.4 Å². The Morgan fingerprint density at radius 1 is 1.33 bits per heavy atom. The summed E-state index contributed by atoms with van der Waals surface area (Å²) in [7, 11) is -2.01. The topological polar surface area (TPSA) is 81.9 Å². The molecule has 1 aromatic carbocycles. The van der Waals surface area contributed by atoms with Crippen molar-refractivity contribution in [2.45, 2.75) is 37.5 Å². The van der Waals surface area contributed by atoms with Gasteiger partial charge in [0.25, 0.3) is 0 Å². The molecular formula is C14H22N2O4S. The van der Waals surface area contributed by atoms with Crippen molar-refractivity contribution in [3.63, 3.8) is 0 Å². The molecule has 1 heterocycles. The third-order valence-corrected chi connectivity index (χ3v) is 5.32. The normalized spacial score (nSPS) is 24.0. The number of methoxy groups -OCH3 is 1. The molecule has 2 N–H and O–H groups in total. The first kappa shape index (κ1) is 16.2. The van der Waals surface area contributed by atoms with Gasteiger partial charge in [0.1, 0.15) is 5.75 Å². The lowest BCUT2D eigenvalue weighted by Gasteiger charge is -2.34. The van der Waals surface area contributed by atoms with Crippen LogP contribution < -0.4 is 10.5 Å². The average molecular weight is 314 g/mol. The van der Waals surface area contributed by atoms with E-state index in [9.17, 15) is 8.42 Å². The highest BCUT2D eigenvalue weighted by Gasteiger charge is 2.32. The van der Waals surface area contributed by atoms with Gasteiger partial charge in [-0.2, -0.15) is 4.31 Å². The second-order valence-electron chi connectivity index (χ2n) is 5.26. The van der Waals surface area contributed by atoms with Gasteiger partial charge >= 0.3 is 0 Å². The summed E-state index contributed by atoms with van der Waals surface area (Å²) in [4.78, 5) is 0.241. The van der Waals surface area contributed by atoms with Crippen LogP contribution in [0.3, 0.4) is 0 Å². The van der Waals surface area contributed by atoms with Gasteiger partial charge < -0.3 is 15.2 Å². The zero-order valence-corrected chi connectivity index (χ0v) is 13.4. The van der Waals surface area contributed by atoms with Crippen molar-refractivity contribution in [2.24, 2.45) is 5.73 Å². The summed E-state index contributed by atoms with van der Waals surface area (Å²) < 4.78 is 37.7.